The van der Waals surface area contributed by atoms with Crippen LogP contribution in [-0.2, 0) is 9.53 Å². The standard InChI is InChI=1S/C16H31N3O2/c1-14(16(20)18-8-6-4-5-7-9-18)19-10-11-21-15(13-19)12-17(2)3/h14-15H,4-13H2,1-3H3/t14-,15+/m0/s1. The zero-order chi connectivity index (χ0) is 15.2. The van der Waals surface area contributed by atoms with Gasteiger partial charge in [0.1, 0.15) is 0 Å². The summed E-state index contributed by atoms with van der Waals surface area (Å²) in [6, 6.07) is -0.0170. The van der Waals surface area contributed by atoms with Crippen LogP contribution in [0.25, 0.3) is 0 Å². The Morgan fingerprint density at radius 1 is 1.19 bits per heavy atom. The van der Waals surface area contributed by atoms with Gasteiger partial charge in [-0.05, 0) is 33.9 Å². The number of morpholine rings is 1. The minimum atomic E-state index is -0.0170. The van der Waals surface area contributed by atoms with E-state index in [1.54, 1.807) is 0 Å². The largest absolute Gasteiger partial charge is 0.374 e. The van der Waals surface area contributed by atoms with Crippen LogP contribution in [0, 0.1) is 0 Å². The first-order chi connectivity index (χ1) is 10.1. The Kier molecular flexibility index (Phi) is 6.45. The number of likely N-dealkylation sites (N-methyl/N-ethyl adjacent to an activating group) is 1. The van der Waals surface area contributed by atoms with Crippen LogP contribution in [0.5, 0.6) is 0 Å². The van der Waals surface area contributed by atoms with Gasteiger partial charge in [-0.1, -0.05) is 12.8 Å². The molecular formula is C16H31N3O2. The van der Waals surface area contributed by atoms with Crippen LogP contribution in [0.4, 0.5) is 0 Å². The van der Waals surface area contributed by atoms with E-state index >= 15 is 0 Å². The third-order valence-electron chi connectivity index (χ3n) is 4.56. The van der Waals surface area contributed by atoms with Crippen LogP contribution in [0.15, 0.2) is 0 Å². The van der Waals surface area contributed by atoms with E-state index in [-0.39, 0.29) is 12.1 Å². The molecule has 0 aromatic heterocycles. The molecule has 2 atom stereocenters. The number of amides is 1. The molecule has 0 unspecified atom stereocenters. The predicted octanol–water partition coefficient (Wildman–Crippen LogP) is 1.04. The molecule has 2 saturated heterocycles. The molecule has 2 heterocycles. The molecule has 0 bridgehead atoms. The van der Waals surface area contributed by atoms with E-state index < -0.39 is 0 Å². The van der Waals surface area contributed by atoms with Crippen LogP contribution in [0.1, 0.15) is 32.6 Å². The van der Waals surface area contributed by atoms with Crippen molar-refractivity contribution in [3.05, 3.63) is 0 Å². The zero-order valence-electron chi connectivity index (χ0n) is 13.9. The number of hydrogen-bond donors (Lipinski definition) is 0. The van der Waals surface area contributed by atoms with Gasteiger partial charge in [0.25, 0.3) is 0 Å². The van der Waals surface area contributed by atoms with Crippen molar-refractivity contribution in [1.82, 2.24) is 14.7 Å². The Balaban J connectivity index is 1.88. The monoisotopic (exact) mass is 297 g/mol. The molecule has 0 spiro atoms. The number of carbonyl (C=O) groups excluding carboxylic acids is 1. The van der Waals surface area contributed by atoms with Crippen molar-refractivity contribution >= 4 is 5.91 Å². The minimum Gasteiger partial charge on any atom is -0.374 e. The van der Waals surface area contributed by atoms with Gasteiger partial charge in [0.15, 0.2) is 0 Å². The highest BCUT2D eigenvalue weighted by atomic mass is 16.5. The van der Waals surface area contributed by atoms with Crippen LogP contribution in [-0.4, -0.2) is 86.2 Å². The minimum absolute atomic E-state index is 0.0170. The first-order valence-corrected chi connectivity index (χ1v) is 8.37. The molecule has 21 heavy (non-hydrogen) atoms. The molecule has 0 saturated carbocycles. The average molecular weight is 297 g/mol. The number of carbonyl (C=O) groups is 1. The first-order valence-electron chi connectivity index (χ1n) is 8.37. The van der Waals surface area contributed by atoms with Gasteiger partial charge in [0.05, 0.1) is 18.8 Å². The molecule has 5 heteroatoms. The maximum absolute atomic E-state index is 12.7. The third-order valence-corrected chi connectivity index (χ3v) is 4.56. The lowest BCUT2D eigenvalue weighted by Crippen LogP contribution is -2.54. The molecule has 1 amide bonds. The van der Waals surface area contributed by atoms with Crippen LogP contribution < -0.4 is 0 Å². The summed E-state index contributed by atoms with van der Waals surface area (Å²) in [4.78, 5) is 19.2. The summed E-state index contributed by atoms with van der Waals surface area (Å²) in [6.07, 6.45) is 5.06. The van der Waals surface area contributed by atoms with E-state index in [4.69, 9.17) is 4.74 Å². The summed E-state index contributed by atoms with van der Waals surface area (Å²) in [5, 5.41) is 0. The zero-order valence-corrected chi connectivity index (χ0v) is 13.9. The molecule has 0 N–H and O–H groups in total. The topological polar surface area (TPSA) is 36.0 Å². The molecule has 2 rings (SSSR count). The van der Waals surface area contributed by atoms with Crippen molar-refractivity contribution in [3.8, 4) is 0 Å². The smallest absolute Gasteiger partial charge is 0.239 e. The fourth-order valence-electron chi connectivity index (χ4n) is 3.32. The van der Waals surface area contributed by atoms with E-state index in [2.05, 4.69) is 35.7 Å². The van der Waals surface area contributed by atoms with Crippen LogP contribution in [0.2, 0.25) is 0 Å². The average Bonchev–Trinajstić information content (AvgIpc) is 2.74. The number of rotatable bonds is 4. The molecule has 5 nitrogen and oxygen atoms in total. The van der Waals surface area contributed by atoms with E-state index in [0.29, 0.717) is 5.91 Å². The molecule has 2 aliphatic heterocycles. The molecule has 0 radical (unpaired) electrons. The predicted molar refractivity (Wildman–Crippen MR) is 84.4 cm³/mol. The highest BCUT2D eigenvalue weighted by molar-refractivity contribution is 5.81. The Morgan fingerprint density at radius 2 is 1.86 bits per heavy atom. The molecule has 2 fully saturated rings. The van der Waals surface area contributed by atoms with Gasteiger partial charge < -0.3 is 14.5 Å². The molecule has 2 aliphatic rings. The summed E-state index contributed by atoms with van der Waals surface area (Å²) in [6.45, 7) is 7.31. The Labute approximate surface area is 129 Å². The van der Waals surface area contributed by atoms with E-state index in [9.17, 15) is 4.79 Å². The summed E-state index contributed by atoms with van der Waals surface area (Å²) in [5.74, 6) is 0.308. The van der Waals surface area contributed by atoms with Crippen molar-refractivity contribution in [2.75, 3.05) is 53.4 Å². The van der Waals surface area contributed by atoms with Crippen LogP contribution in [0.3, 0.4) is 0 Å². The molecule has 122 valence electrons. The number of likely N-dealkylation sites (tertiary alicyclic amines) is 1. The maximum Gasteiger partial charge on any atom is 0.239 e. The third kappa shape index (κ3) is 4.94. The number of nitrogens with zero attached hydrogens (tertiary/aromatic N) is 3. The lowest BCUT2D eigenvalue weighted by Gasteiger charge is -2.38. The second kappa shape index (κ2) is 8.11. The van der Waals surface area contributed by atoms with Gasteiger partial charge in [-0.15, -0.1) is 0 Å². The van der Waals surface area contributed by atoms with Crippen LogP contribution >= 0.6 is 0 Å². The molecule has 0 aromatic carbocycles. The second-order valence-corrected chi connectivity index (χ2v) is 6.67. The fourth-order valence-corrected chi connectivity index (χ4v) is 3.32. The molecule has 0 aliphatic carbocycles. The highest BCUT2D eigenvalue weighted by Gasteiger charge is 2.30. The number of hydrogen-bond acceptors (Lipinski definition) is 4. The van der Waals surface area contributed by atoms with Crippen molar-refractivity contribution < 1.29 is 9.53 Å². The normalized spacial score (nSPS) is 26.7. The van der Waals surface area contributed by atoms with E-state index in [1.807, 2.05) is 0 Å². The Hall–Kier alpha value is -0.650. The molecular weight excluding hydrogens is 266 g/mol. The van der Waals surface area contributed by atoms with Crippen molar-refractivity contribution in [1.29, 1.82) is 0 Å². The van der Waals surface area contributed by atoms with Gasteiger partial charge in [-0.2, -0.15) is 0 Å². The lowest BCUT2D eigenvalue weighted by molar-refractivity contribution is -0.139. The maximum atomic E-state index is 12.7. The summed E-state index contributed by atoms with van der Waals surface area (Å²) in [5.41, 5.74) is 0. The highest BCUT2D eigenvalue weighted by Crippen LogP contribution is 2.15. The first kappa shape index (κ1) is 16.7. The van der Waals surface area contributed by atoms with Gasteiger partial charge >= 0.3 is 0 Å². The Morgan fingerprint density at radius 3 is 2.48 bits per heavy atom. The van der Waals surface area contributed by atoms with Gasteiger partial charge in [0, 0.05) is 32.7 Å². The Bertz CT molecular complexity index is 327. The van der Waals surface area contributed by atoms with E-state index in [1.165, 1.54) is 12.8 Å². The van der Waals surface area contributed by atoms with E-state index in [0.717, 1.165) is 52.2 Å². The molecule has 0 aromatic rings. The van der Waals surface area contributed by atoms with Crippen molar-refractivity contribution in [3.63, 3.8) is 0 Å². The van der Waals surface area contributed by atoms with Gasteiger partial charge in [-0.25, -0.2) is 0 Å². The fraction of sp³-hybridized carbons (Fsp3) is 0.938. The summed E-state index contributed by atoms with van der Waals surface area (Å²) < 4.78 is 5.81. The SMILES string of the molecule is C[C@@H](C(=O)N1CCCCCC1)N1CCO[C@H](CN(C)C)C1. The quantitative estimate of drug-likeness (QED) is 0.777. The lowest BCUT2D eigenvalue weighted by atomic mass is 10.1. The van der Waals surface area contributed by atoms with Gasteiger partial charge in [0.2, 0.25) is 5.91 Å². The van der Waals surface area contributed by atoms with Gasteiger partial charge in [-0.3, -0.25) is 9.69 Å². The van der Waals surface area contributed by atoms with Crippen molar-refractivity contribution in [2.45, 2.75) is 44.8 Å². The second-order valence-electron chi connectivity index (χ2n) is 6.67. The van der Waals surface area contributed by atoms with Crippen molar-refractivity contribution in [2.24, 2.45) is 0 Å². The number of ether oxygens (including phenoxy) is 1. The summed E-state index contributed by atoms with van der Waals surface area (Å²) >= 11 is 0. The summed E-state index contributed by atoms with van der Waals surface area (Å²) in [7, 11) is 4.13.